The van der Waals surface area contributed by atoms with Crippen LogP contribution in [0.15, 0.2) is 42.5 Å². The van der Waals surface area contributed by atoms with Crippen molar-refractivity contribution >= 4 is 11.9 Å². The van der Waals surface area contributed by atoms with Gasteiger partial charge < -0.3 is 9.47 Å². The molecule has 0 aromatic heterocycles. The van der Waals surface area contributed by atoms with Gasteiger partial charge in [-0.3, -0.25) is 4.79 Å². The fraction of sp³-hybridized carbons (Fsp3) is 0.500. The zero-order chi connectivity index (χ0) is 23.7. The van der Waals surface area contributed by atoms with E-state index in [4.69, 9.17) is 9.47 Å². The van der Waals surface area contributed by atoms with E-state index in [1.54, 1.807) is 12.1 Å². The zero-order valence-electron chi connectivity index (χ0n) is 20.5. The lowest BCUT2D eigenvalue weighted by Gasteiger charge is -2.28. The third-order valence-corrected chi connectivity index (χ3v) is 5.96. The maximum atomic E-state index is 13.0. The Hall–Kier alpha value is -2.62. The highest BCUT2D eigenvalue weighted by atomic mass is 16.5. The van der Waals surface area contributed by atoms with Gasteiger partial charge in [0.2, 0.25) is 0 Å². The Labute approximate surface area is 193 Å². The minimum atomic E-state index is -0.468. The van der Waals surface area contributed by atoms with E-state index in [1.165, 1.54) is 0 Å². The minimum Gasteiger partial charge on any atom is -0.466 e. The van der Waals surface area contributed by atoms with Gasteiger partial charge in [0, 0.05) is 5.56 Å². The number of unbranched alkanes of at least 4 members (excludes halogenated alkanes) is 1. The number of carbonyl (C=O) groups is 2. The van der Waals surface area contributed by atoms with Crippen molar-refractivity contribution in [2.45, 2.75) is 85.0 Å². The van der Waals surface area contributed by atoms with Crippen LogP contribution in [0.2, 0.25) is 0 Å². The number of esters is 2. The molecule has 0 N–H and O–H groups in total. The molecule has 0 spiro atoms. The first kappa shape index (κ1) is 25.6. The lowest BCUT2D eigenvalue weighted by molar-refractivity contribution is -0.145. The molecular weight excluding hydrogens is 400 g/mol. The summed E-state index contributed by atoms with van der Waals surface area (Å²) < 4.78 is 11.4. The van der Waals surface area contributed by atoms with Crippen LogP contribution in [-0.2, 0) is 14.9 Å². The van der Waals surface area contributed by atoms with Crippen molar-refractivity contribution in [3.63, 3.8) is 0 Å². The normalized spacial score (nSPS) is 12.3. The summed E-state index contributed by atoms with van der Waals surface area (Å²) in [6.07, 6.45) is 4.59. The first-order valence-electron chi connectivity index (χ1n) is 11.8. The molecule has 1 atom stereocenters. The number of benzene rings is 2. The summed E-state index contributed by atoms with van der Waals surface area (Å²) in [6, 6.07) is 13.1. The molecule has 0 aliphatic heterocycles. The Balaban J connectivity index is 2.61. The maximum absolute atomic E-state index is 13.0. The van der Waals surface area contributed by atoms with Crippen LogP contribution in [-0.4, -0.2) is 18.5 Å². The molecule has 0 heterocycles. The van der Waals surface area contributed by atoms with E-state index in [0.29, 0.717) is 24.3 Å². The molecule has 0 fully saturated rings. The summed E-state index contributed by atoms with van der Waals surface area (Å²) in [5.74, 6) is -0.676. The number of hydrogen-bond donors (Lipinski definition) is 0. The van der Waals surface area contributed by atoms with Gasteiger partial charge in [0.05, 0.1) is 18.1 Å². The van der Waals surface area contributed by atoms with Crippen molar-refractivity contribution in [3.8, 4) is 5.75 Å². The molecule has 4 heteroatoms. The topological polar surface area (TPSA) is 52.6 Å². The van der Waals surface area contributed by atoms with E-state index in [1.807, 2.05) is 32.0 Å². The third kappa shape index (κ3) is 6.44. The number of aryl methyl sites for hydroxylation is 1. The summed E-state index contributed by atoms with van der Waals surface area (Å²) in [4.78, 5) is 25.9. The van der Waals surface area contributed by atoms with Gasteiger partial charge in [0.25, 0.3) is 0 Å². The molecule has 0 amide bonds. The van der Waals surface area contributed by atoms with Gasteiger partial charge in [0.15, 0.2) is 0 Å². The number of ether oxygens (including phenoxy) is 2. The van der Waals surface area contributed by atoms with Gasteiger partial charge in [-0.15, -0.1) is 0 Å². The van der Waals surface area contributed by atoms with Crippen LogP contribution in [0.1, 0.15) is 99.7 Å². The average Bonchev–Trinajstić information content (AvgIpc) is 2.76. The van der Waals surface area contributed by atoms with Crippen LogP contribution >= 0.6 is 0 Å². The lowest BCUT2D eigenvalue weighted by Crippen LogP contribution is -2.22. The average molecular weight is 439 g/mol. The molecule has 2 rings (SSSR count). The van der Waals surface area contributed by atoms with Gasteiger partial charge in [-0.2, -0.15) is 0 Å². The quantitative estimate of drug-likeness (QED) is 0.277. The van der Waals surface area contributed by atoms with Crippen LogP contribution in [0.5, 0.6) is 5.75 Å². The summed E-state index contributed by atoms with van der Waals surface area (Å²) in [6.45, 7) is 12.8. The molecule has 0 aliphatic rings. The molecule has 32 heavy (non-hydrogen) atoms. The molecular formula is C28H38O4. The van der Waals surface area contributed by atoms with E-state index >= 15 is 0 Å². The van der Waals surface area contributed by atoms with Crippen molar-refractivity contribution in [1.29, 1.82) is 0 Å². The van der Waals surface area contributed by atoms with Crippen LogP contribution in [0.25, 0.3) is 0 Å². The largest absolute Gasteiger partial charge is 0.466 e. The molecule has 0 saturated heterocycles. The zero-order valence-corrected chi connectivity index (χ0v) is 20.5. The van der Waals surface area contributed by atoms with Crippen LogP contribution in [0, 0.1) is 6.92 Å². The van der Waals surface area contributed by atoms with E-state index in [-0.39, 0.29) is 11.4 Å². The SMILES string of the molecule is CCCCC(C(=O)OCC)c1cc(C(C)(C)CCC)cc(C)c1OC(=O)c1ccccc1. The summed E-state index contributed by atoms with van der Waals surface area (Å²) >= 11 is 0. The maximum Gasteiger partial charge on any atom is 0.343 e. The van der Waals surface area contributed by atoms with Crippen molar-refractivity contribution < 1.29 is 19.1 Å². The predicted molar refractivity (Wildman–Crippen MR) is 129 cm³/mol. The summed E-state index contributed by atoms with van der Waals surface area (Å²) in [5.41, 5.74) is 3.18. The predicted octanol–water partition coefficient (Wildman–Crippen LogP) is 7.13. The fourth-order valence-corrected chi connectivity index (χ4v) is 4.14. The van der Waals surface area contributed by atoms with Crippen molar-refractivity contribution in [3.05, 3.63) is 64.7 Å². The summed E-state index contributed by atoms with van der Waals surface area (Å²) in [7, 11) is 0. The molecule has 2 aromatic carbocycles. The number of carbonyl (C=O) groups excluding carboxylic acids is 2. The second-order valence-corrected chi connectivity index (χ2v) is 9.05. The van der Waals surface area contributed by atoms with Gasteiger partial charge >= 0.3 is 11.9 Å². The molecule has 174 valence electrons. The highest BCUT2D eigenvalue weighted by Gasteiger charge is 2.30. The molecule has 4 nitrogen and oxygen atoms in total. The van der Waals surface area contributed by atoms with Gasteiger partial charge in [-0.25, -0.2) is 4.79 Å². The van der Waals surface area contributed by atoms with Crippen LogP contribution in [0.4, 0.5) is 0 Å². The van der Waals surface area contributed by atoms with E-state index in [2.05, 4.69) is 39.8 Å². The molecule has 0 aliphatic carbocycles. The first-order valence-corrected chi connectivity index (χ1v) is 11.8. The second kappa shape index (κ2) is 11.8. The molecule has 0 saturated carbocycles. The Morgan fingerprint density at radius 3 is 2.28 bits per heavy atom. The third-order valence-electron chi connectivity index (χ3n) is 5.96. The van der Waals surface area contributed by atoms with Crippen molar-refractivity contribution in [1.82, 2.24) is 0 Å². The molecule has 0 radical (unpaired) electrons. The molecule has 1 unspecified atom stereocenters. The highest BCUT2D eigenvalue weighted by molar-refractivity contribution is 5.91. The fourth-order valence-electron chi connectivity index (χ4n) is 4.14. The van der Waals surface area contributed by atoms with E-state index in [9.17, 15) is 9.59 Å². The van der Waals surface area contributed by atoms with Crippen molar-refractivity contribution in [2.24, 2.45) is 0 Å². The smallest absolute Gasteiger partial charge is 0.343 e. The summed E-state index contributed by atoms with van der Waals surface area (Å²) in [5, 5.41) is 0. The Kier molecular flexibility index (Phi) is 9.49. The van der Waals surface area contributed by atoms with E-state index in [0.717, 1.165) is 42.4 Å². The number of rotatable bonds is 11. The van der Waals surface area contributed by atoms with Crippen LogP contribution in [0.3, 0.4) is 0 Å². The van der Waals surface area contributed by atoms with E-state index < -0.39 is 11.9 Å². The minimum absolute atomic E-state index is 0.0554. The Morgan fingerprint density at radius 2 is 1.69 bits per heavy atom. The highest BCUT2D eigenvalue weighted by Crippen LogP contribution is 2.40. The lowest BCUT2D eigenvalue weighted by atomic mass is 9.78. The Bertz CT molecular complexity index is 899. The van der Waals surface area contributed by atoms with Gasteiger partial charge in [-0.1, -0.05) is 77.3 Å². The standard InChI is InChI=1S/C28H38O4/c1-7-10-16-23(27(30)31-9-3)24-19-22(28(5,6)17-8-2)18-20(4)25(24)32-26(29)21-14-12-11-13-15-21/h11-15,18-19,23H,7-10,16-17H2,1-6H3. The Morgan fingerprint density at radius 1 is 1.00 bits per heavy atom. The van der Waals surface area contributed by atoms with Crippen molar-refractivity contribution in [2.75, 3.05) is 6.61 Å². The second-order valence-electron chi connectivity index (χ2n) is 9.05. The number of hydrogen-bond acceptors (Lipinski definition) is 4. The molecule has 2 aromatic rings. The van der Waals surface area contributed by atoms with Gasteiger partial charge in [-0.05, 0) is 55.4 Å². The monoisotopic (exact) mass is 438 g/mol. The molecule has 0 bridgehead atoms. The first-order chi connectivity index (χ1) is 15.2. The van der Waals surface area contributed by atoms with Crippen LogP contribution < -0.4 is 4.74 Å². The van der Waals surface area contributed by atoms with Gasteiger partial charge in [0.1, 0.15) is 5.75 Å².